The summed E-state index contributed by atoms with van der Waals surface area (Å²) in [5.74, 6) is 1.22. The molecule has 2 aromatic heterocycles. The Balaban J connectivity index is 2.36. The van der Waals surface area contributed by atoms with Crippen molar-refractivity contribution in [3.63, 3.8) is 0 Å². The van der Waals surface area contributed by atoms with Crippen LogP contribution in [0.1, 0.15) is 5.76 Å². The smallest absolute Gasteiger partial charge is 0.265 e. The van der Waals surface area contributed by atoms with E-state index in [4.69, 9.17) is 16.3 Å². The second kappa shape index (κ2) is 4.42. The molecule has 17 heavy (non-hydrogen) atoms. The van der Waals surface area contributed by atoms with E-state index in [-0.39, 0.29) is 5.70 Å². The van der Waals surface area contributed by atoms with Gasteiger partial charge in [0.25, 0.3) is 5.70 Å². The van der Waals surface area contributed by atoms with Crippen molar-refractivity contribution in [2.24, 2.45) is 7.05 Å². The van der Waals surface area contributed by atoms with Crippen molar-refractivity contribution in [2.45, 2.75) is 0 Å². The van der Waals surface area contributed by atoms with Crippen LogP contribution in [0.2, 0.25) is 0 Å². The van der Waals surface area contributed by atoms with Crippen LogP contribution in [0, 0.1) is 17.9 Å². The molecule has 0 aliphatic rings. The van der Waals surface area contributed by atoms with E-state index in [1.807, 2.05) is 36.0 Å². The van der Waals surface area contributed by atoms with Gasteiger partial charge in [0.15, 0.2) is 5.76 Å². The highest BCUT2D eigenvalue weighted by Gasteiger charge is 2.06. The monoisotopic (exact) mass is 223 g/mol. The average Bonchev–Trinajstić information content (AvgIpc) is 2.94. The Morgan fingerprint density at radius 1 is 1.53 bits per heavy atom. The zero-order valence-corrected chi connectivity index (χ0v) is 9.21. The summed E-state index contributed by atoms with van der Waals surface area (Å²) in [6.07, 6.45) is 3.35. The number of nitriles is 1. The topological polar surface area (TPSA) is 46.2 Å². The third-order valence-corrected chi connectivity index (χ3v) is 2.34. The molecule has 0 saturated carbocycles. The van der Waals surface area contributed by atoms with E-state index in [2.05, 4.69) is 4.85 Å². The first-order chi connectivity index (χ1) is 8.24. The first-order valence-electron chi connectivity index (χ1n) is 4.95. The molecule has 0 N–H and O–H groups in total. The lowest BCUT2D eigenvalue weighted by Crippen LogP contribution is -1.86. The van der Waals surface area contributed by atoms with Crippen molar-refractivity contribution in [3.8, 4) is 17.5 Å². The minimum Gasteiger partial charge on any atom is -0.456 e. The summed E-state index contributed by atoms with van der Waals surface area (Å²) in [6, 6.07) is 9.22. The average molecular weight is 223 g/mol. The van der Waals surface area contributed by atoms with Crippen LogP contribution >= 0.6 is 0 Å². The second-order valence-corrected chi connectivity index (χ2v) is 3.46. The minimum atomic E-state index is 0.0118. The second-order valence-electron chi connectivity index (χ2n) is 3.46. The van der Waals surface area contributed by atoms with Crippen LogP contribution in [0.25, 0.3) is 22.4 Å². The van der Waals surface area contributed by atoms with E-state index < -0.39 is 0 Å². The highest BCUT2D eigenvalue weighted by Crippen LogP contribution is 2.23. The molecule has 0 aromatic carbocycles. The summed E-state index contributed by atoms with van der Waals surface area (Å²) in [6.45, 7) is 6.78. The zero-order chi connectivity index (χ0) is 12.3. The molecular weight excluding hydrogens is 214 g/mol. The number of aromatic nitrogens is 1. The maximum absolute atomic E-state index is 8.64. The van der Waals surface area contributed by atoms with Gasteiger partial charge in [0, 0.05) is 13.2 Å². The van der Waals surface area contributed by atoms with Crippen LogP contribution in [0.15, 0.2) is 40.6 Å². The van der Waals surface area contributed by atoms with Crippen LogP contribution in [-0.2, 0) is 7.05 Å². The molecule has 2 heterocycles. The number of nitrogens with zero attached hydrogens (tertiary/aromatic N) is 3. The first kappa shape index (κ1) is 10.8. The number of rotatable bonds is 2. The normalized spacial score (nSPS) is 10.9. The molecule has 0 unspecified atom stereocenters. The lowest BCUT2D eigenvalue weighted by atomic mass is 10.3. The maximum atomic E-state index is 8.64. The molecule has 0 aliphatic carbocycles. The standard InChI is InChI=1S/C13H9N3O/c1-15-10(9-14)8-11-5-6-13(17-11)12-4-3-7-16(12)2/h3-8H,2H3/b10-8-. The fourth-order valence-corrected chi connectivity index (χ4v) is 1.51. The Kier molecular flexibility index (Phi) is 2.81. The van der Waals surface area contributed by atoms with E-state index in [1.54, 1.807) is 12.1 Å². The van der Waals surface area contributed by atoms with Gasteiger partial charge in [-0.1, -0.05) is 0 Å². The molecule has 4 heteroatoms. The molecule has 0 bridgehead atoms. The molecule has 0 amide bonds. The van der Waals surface area contributed by atoms with Crippen LogP contribution in [-0.4, -0.2) is 4.57 Å². The molecule has 0 atom stereocenters. The third-order valence-electron chi connectivity index (χ3n) is 2.34. The molecule has 0 spiro atoms. The summed E-state index contributed by atoms with van der Waals surface area (Å²) in [4.78, 5) is 3.08. The largest absolute Gasteiger partial charge is 0.456 e. The SMILES string of the molecule is [C-]#[N+]/C(C#N)=C\c1ccc(-c2cccn2C)o1. The molecule has 0 radical (unpaired) electrons. The predicted octanol–water partition coefficient (Wildman–Crippen LogP) is 3.07. The molecule has 0 fully saturated rings. The number of furan rings is 1. The number of hydrogen-bond donors (Lipinski definition) is 0. The first-order valence-corrected chi connectivity index (χ1v) is 4.95. The van der Waals surface area contributed by atoms with Gasteiger partial charge in [0.2, 0.25) is 0 Å². The van der Waals surface area contributed by atoms with Gasteiger partial charge in [-0.3, -0.25) is 0 Å². The van der Waals surface area contributed by atoms with Gasteiger partial charge in [-0.25, -0.2) is 10.1 Å². The van der Waals surface area contributed by atoms with Crippen molar-refractivity contribution in [2.75, 3.05) is 0 Å². The summed E-state index contributed by atoms with van der Waals surface area (Å²) < 4.78 is 7.49. The van der Waals surface area contributed by atoms with Crippen LogP contribution in [0.3, 0.4) is 0 Å². The van der Waals surface area contributed by atoms with Gasteiger partial charge in [-0.15, -0.1) is 0 Å². The Hall–Kier alpha value is -2.72. The van der Waals surface area contributed by atoms with E-state index >= 15 is 0 Å². The van der Waals surface area contributed by atoms with Gasteiger partial charge >= 0.3 is 0 Å². The van der Waals surface area contributed by atoms with Crippen molar-refractivity contribution >= 4 is 6.08 Å². The Bertz CT molecular complexity index is 631. The van der Waals surface area contributed by atoms with E-state index in [1.165, 1.54) is 6.08 Å². The fraction of sp³-hybridized carbons (Fsp3) is 0.0769. The number of aryl methyl sites for hydroxylation is 1. The highest BCUT2D eigenvalue weighted by molar-refractivity contribution is 5.60. The zero-order valence-electron chi connectivity index (χ0n) is 9.21. The number of hydrogen-bond acceptors (Lipinski definition) is 2. The summed E-state index contributed by atoms with van der Waals surface area (Å²) >= 11 is 0. The summed E-state index contributed by atoms with van der Waals surface area (Å²) in [5.41, 5.74) is 0.962. The van der Waals surface area contributed by atoms with E-state index in [0.717, 1.165) is 5.69 Å². The lowest BCUT2D eigenvalue weighted by molar-refractivity contribution is 0.566. The van der Waals surface area contributed by atoms with Crippen LogP contribution < -0.4 is 0 Å². The van der Waals surface area contributed by atoms with Crippen LogP contribution in [0.5, 0.6) is 0 Å². The molecule has 4 nitrogen and oxygen atoms in total. The molecule has 82 valence electrons. The summed E-state index contributed by atoms with van der Waals surface area (Å²) in [7, 11) is 1.92. The van der Waals surface area contributed by atoms with Crippen molar-refractivity contribution in [1.29, 1.82) is 5.26 Å². The highest BCUT2D eigenvalue weighted by atomic mass is 16.3. The number of allylic oxidation sites excluding steroid dienone is 1. The van der Waals surface area contributed by atoms with Gasteiger partial charge in [-0.05, 0) is 30.3 Å². The molecular formula is C13H9N3O. The van der Waals surface area contributed by atoms with Gasteiger partial charge in [-0.2, -0.15) is 0 Å². The third kappa shape index (κ3) is 2.11. The van der Waals surface area contributed by atoms with E-state index in [0.29, 0.717) is 11.5 Å². The fourth-order valence-electron chi connectivity index (χ4n) is 1.51. The summed E-state index contributed by atoms with van der Waals surface area (Å²) in [5, 5.41) is 8.64. The minimum absolute atomic E-state index is 0.0118. The Morgan fingerprint density at radius 3 is 2.94 bits per heavy atom. The van der Waals surface area contributed by atoms with Crippen LogP contribution in [0.4, 0.5) is 0 Å². The van der Waals surface area contributed by atoms with Crippen molar-refractivity contribution < 1.29 is 4.42 Å². The van der Waals surface area contributed by atoms with Crippen molar-refractivity contribution in [3.05, 3.63) is 53.3 Å². The molecule has 2 rings (SSSR count). The quantitative estimate of drug-likeness (QED) is 0.580. The molecule has 0 saturated heterocycles. The maximum Gasteiger partial charge on any atom is 0.265 e. The Labute approximate surface area is 98.8 Å². The van der Waals surface area contributed by atoms with E-state index in [9.17, 15) is 0 Å². The van der Waals surface area contributed by atoms with Crippen molar-refractivity contribution in [1.82, 2.24) is 4.57 Å². The Morgan fingerprint density at radius 2 is 2.35 bits per heavy atom. The molecule has 2 aromatic rings. The van der Waals surface area contributed by atoms with Gasteiger partial charge < -0.3 is 8.98 Å². The van der Waals surface area contributed by atoms with Gasteiger partial charge in [0.1, 0.15) is 5.76 Å². The molecule has 0 aliphatic heterocycles. The lowest BCUT2D eigenvalue weighted by Gasteiger charge is -1.97. The predicted molar refractivity (Wildman–Crippen MR) is 63.3 cm³/mol. The van der Waals surface area contributed by atoms with Gasteiger partial charge in [0.05, 0.1) is 18.3 Å².